The van der Waals surface area contributed by atoms with Gasteiger partial charge in [-0.1, -0.05) is 6.42 Å². The first-order chi connectivity index (χ1) is 7.50. The van der Waals surface area contributed by atoms with E-state index in [1.165, 1.54) is 6.26 Å². The fourth-order valence-corrected chi connectivity index (χ4v) is 4.20. The van der Waals surface area contributed by atoms with Crippen LogP contribution in [0.1, 0.15) is 38.5 Å². The van der Waals surface area contributed by atoms with E-state index >= 15 is 0 Å². The second-order valence-electron chi connectivity index (χ2n) is 4.90. The molecule has 92 valence electrons. The smallest absolute Gasteiger partial charge is 0.211 e. The highest BCUT2D eigenvalue weighted by Crippen LogP contribution is 2.33. The summed E-state index contributed by atoms with van der Waals surface area (Å²) in [7, 11) is -3.14. The number of hydrogen-bond donors (Lipinski definition) is 0. The lowest BCUT2D eigenvalue weighted by Gasteiger charge is -2.31. The summed E-state index contributed by atoms with van der Waals surface area (Å²) in [6.07, 6.45) is 6.53. The molecule has 2 fully saturated rings. The molecule has 1 saturated carbocycles. The molecule has 4 nitrogen and oxygen atoms in total. The Hall–Kier alpha value is -0.420. The van der Waals surface area contributed by atoms with Gasteiger partial charge in [-0.25, -0.2) is 8.42 Å². The normalized spacial score (nSPS) is 33.2. The molecule has 2 unspecified atom stereocenters. The zero-order valence-corrected chi connectivity index (χ0v) is 10.5. The number of sulfonamides is 1. The van der Waals surface area contributed by atoms with Crippen molar-refractivity contribution in [1.82, 2.24) is 4.31 Å². The van der Waals surface area contributed by atoms with Gasteiger partial charge in [0.1, 0.15) is 5.78 Å². The summed E-state index contributed by atoms with van der Waals surface area (Å²) in [5, 5.41) is 0. The van der Waals surface area contributed by atoms with E-state index in [0.29, 0.717) is 13.0 Å². The first-order valence-corrected chi connectivity index (χ1v) is 7.84. The lowest BCUT2D eigenvalue weighted by molar-refractivity contribution is -0.126. The molecule has 16 heavy (non-hydrogen) atoms. The average Bonchev–Trinajstić information content (AvgIpc) is 2.66. The van der Waals surface area contributed by atoms with Gasteiger partial charge in [-0.2, -0.15) is 4.31 Å². The van der Waals surface area contributed by atoms with E-state index in [1.807, 2.05) is 0 Å². The Morgan fingerprint density at radius 1 is 1.19 bits per heavy atom. The average molecular weight is 245 g/mol. The number of hydrogen-bond acceptors (Lipinski definition) is 3. The van der Waals surface area contributed by atoms with Crippen LogP contribution < -0.4 is 0 Å². The zero-order chi connectivity index (χ0) is 11.8. The van der Waals surface area contributed by atoms with Crippen LogP contribution in [0, 0.1) is 5.92 Å². The highest BCUT2D eigenvalue weighted by Gasteiger charge is 2.40. The van der Waals surface area contributed by atoms with Crippen molar-refractivity contribution in [3.8, 4) is 0 Å². The van der Waals surface area contributed by atoms with E-state index in [2.05, 4.69) is 0 Å². The highest BCUT2D eigenvalue weighted by atomic mass is 32.2. The van der Waals surface area contributed by atoms with Crippen molar-refractivity contribution >= 4 is 15.8 Å². The van der Waals surface area contributed by atoms with Crippen LogP contribution in [0.3, 0.4) is 0 Å². The minimum Gasteiger partial charge on any atom is -0.299 e. The highest BCUT2D eigenvalue weighted by molar-refractivity contribution is 7.88. The molecule has 2 atom stereocenters. The van der Waals surface area contributed by atoms with Gasteiger partial charge in [0, 0.05) is 24.9 Å². The van der Waals surface area contributed by atoms with Gasteiger partial charge in [0.2, 0.25) is 10.0 Å². The van der Waals surface area contributed by atoms with E-state index < -0.39 is 10.0 Å². The maximum absolute atomic E-state index is 11.8. The summed E-state index contributed by atoms with van der Waals surface area (Å²) in [5.41, 5.74) is 0. The molecular weight excluding hydrogens is 226 g/mol. The van der Waals surface area contributed by atoms with Gasteiger partial charge in [-0.05, 0) is 25.7 Å². The van der Waals surface area contributed by atoms with E-state index in [9.17, 15) is 13.2 Å². The van der Waals surface area contributed by atoms with Crippen molar-refractivity contribution in [2.24, 2.45) is 5.92 Å². The van der Waals surface area contributed by atoms with E-state index in [-0.39, 0.29) is 17.7 Å². The van der Waals surface area contributed by atoms with Crippen molar-refractivity contribution < 1.29 is 13.2 Å². The Balaban J connectivity index is 2.16. The van der Waals surface area contributed by atoms with Gasteiger partial charge < -0.3 is 0 Å². The molecule has 0 N–H and O–H groups in total. The second kappa shape index (κ2) is 4.45. The van der Waals surface area contributed by atoms with Crippen LogP contribution in [0.15, 0.2) is 0 Å². The molecule has 2 rings (SSSR count). The number of ketones is 1. The SMILES string of the molecule is CS(=O)(=O)N1CCCC1C1CCCCC1=O. The van der Waals surface area contributed by atoms with Crippen LogP contribution in [0.4, 0.5) is 0 Å². The molecule has 5 heteroatoms. The summed E-state index contributed by atoms with van der Waals surface area (Å²) in [4.78, 5) is 11.8. The Bertz CT molecular complexity index is 377. The molecule has 0 aromatic carbocycles. The van der Waals surface area contributed by atoms with Gasteiger partial charge in [0.25, 0.3) is 0 Å². The minimum atomic E-state index is -3.14. The first-order valence-electron chi connectivity index (χ1n) is 5.99. The molecule has 0 amide bonds. The Morgan fingerprint density at radius 2 is 1.94 bits per heavy atom. The summed E-state index contributed by atoms with van der Waals surface area (Å²) < 4.78 is 24.8. The zero-order valence-electron chi connectivity index (χ0n) is 9.68. The predicted octanol–water partition coefficient (Wildman–Crippen LogP) is 1.17. The number of carbonyl (C=O) groups is 1. The summed E-state index contributed by atoms with van der Waals surface area (Å²) in [6, 6.07) is -0.0530. The van der Waals surface area contributed by atoms with E-state index in [1.54, 1.807) is 4.31 Å². The first kappa shape index (κ1) is 12.0. The van der Waals surface area contributed by atoms with Crippen molar-refractivity contribution in [2.75, 3.05) is 12.8 Å². The molecular formula is C11H19NO3S. The summed E-state index contributed by atoms with van der Waals surface area (Å²) in [5.74, 6) is 0.234. The molecule has 0 bridgehead atoms. The monoisotopic (exact) mass is 245 g/mol. The maximum Gasteiger partial charge on any atom is 0.211 e. The third-order valence-corrected chi connectivity index (χ3v) is 5.05. The summed E-state index contributed by atoms with van der Waals surface area (Å²) >= 11 is 0. The molecule has 1 saturated heterocycles. The van der Waals surface area contributed by atoms with Crippen molar-refractivity contribution in [3.05, 3.63) is 0 Å². The number of carbonyl (C=O) groups excluding carboxylic acids is 1. The lowest BCUT2D eigenvalue weighted by atomic mass is 9.82. The Morgan fingerprint density at radius 3 is 2.56 bits per heavy atom. The van der Waals surface area contributed by atoms with Crippen LogP contribution in [0.5, 0.6) is 0 Å². The number of rotatable bonds is 2. The van der Waals surface area contributed by atoms with Gasteiger partial charge in [-0.3, -0.25) is 4.79 Å². The third-order valence-electron chi connectivity index (χ3n) is 3.74. The Kier molecular flexibility index (Phi) is 3.35. The van der Waals surface area contributed by atoms with Gasteiger partial charge in [0.15, 0.2) is 0 Å². The third kappa shape index (κ3) is 2.30. The lowest BCUT2D eigenvalue weighted by Crippen LogP contribution is -2.43. The van der Waals surface area contributed by atoms with Crippen LogP contribution >= 0.6 is 0 Å². The van der Waals surface area contributed by atoms with Gasteiger partial charge in [-0.15, -0.1) is 0 Å². The standard InChI is InChI=1S/C11H19NO3S/c1-16(14,15)12-8-4-6-10(12)9-5-2-3-7-11(9)13/h9-10H,2-8H2,1H3. The van der Waals surface area contributed by atoms with Crippen LogP contribution in [0.25, 0.3) is 0 Å². The van der Waals surface area contributed by atoms with Crippen LogP contribution in [-0.2, 0) is 14.8 Å². The van der Waals surface area contributed by atoms with Crippen LogP contribution in [0.2, 0.25) is 0 Å². The van der Waals surface area contributed by atoms with E-state index in [0.717, 1.165) is 32.1 Å². The molecule has 2 aliphatic rings. The summed E-state index contributed by atoms with van der Waals surface area (Å²) in [6.45, 7) is 0.591. The maximum atomic E-state index is 11.8. The van der Waals surface area contributed by atoms with Gasteiger partial charge >= 0.3 is 0 Å². The van der Waals surface area contributed by atoms with Gasteiger partial charge in [0.05, 0.1) is 6.26 Å². The topological polar surface area (TPSA) is 54.5 Å². The van der Waals surface area contributed by atoms with Crippen molar-refractivity contribution in [3.63, 3.8) is 0 Å². The Labute approximate surface area is 97.1 Å². The van der Waals surface area contributed by atoms with Crippen LogP contribution in [-0.4, -0.2) is 37.3 Å². The fraction of sp³-hybridized carbons (Fsp3) is 0.909. The molecule has 0 aromatic heterocycles. The molecule has 1 aliphatic carbocycles. The fourth-order valence-electron chi connectivity index (χ4n) is 3.00. The van der Waals surface area contributed by atoms with Crippen molar-refractivity contribution in [2.45, 2.75) is 44.6 Å². The predicted molar refractivity (Wildman–Crippen MR) is 61.5 cm³/mol. The largest absolute Gasteiger partial charge is 0.299 e. The van der Waals surface area contributed by atoms with Crippen molar-refractivity contribution in [1.29, 1.82) is 0 Å². The van der Waals surface area contributed by atoms with E-state index in [4.69, 9.17) is 0 Å². The second-order valence-corrected chi connectivity index (χ2v) is 6.84. The molecule has 1 aliphatic heterocycles. The number of nitrogens with zero attached hydrogens (tertiary/aromatic N) is 1. The molecule has 0 radical (unpaired) electrons. The minimum absolute atomic E-state index is 0.0361. The molecule has 1 heterocycles. The molecule has 0 aromatic rings. The quantitative estimate of drug-likeness (QED) is 0.734. The molecule has 0 spiro atoms. The number of Topliss-reactive ketones (excluding diaryl/α,β-unsaturated/α-hetero) is 1.